The van der Waals surface area contributed by atoms with Crippen LogP contribution in [0.4, 0.5) is 0 Å². The summed E-state index contributed by atoms with van der Waals surface area (Å²) in [6.45, 7) is 2.22. The van der Waals surface area contributed by atoms with Crippen LogP contribution in [0.15, 0.2) is 0 Å². The third-order valence-electron chi connectivity index (χ3n) is 1.45. The largest absolute Gasteiger partial charge is 0.463 e. The minimum Gasteiger partial charge on any atom is -0.463 e. The van der Waals surface area contributed by atoms with Gasteiger partial charge in [0.15, 0.2) is 0 Å². The molecule has 1 aliphatic heterocycles. The molecule has 0 aromatic heterocycles. The van der Waals surface area contributed by atoms with E-state index in [1.807, 2.05) is 6.92 Å². The molecule has 1 aliphatic rings. The third-order valence-corrected chi connectivity index (χ3v) is 2.21. The highest BCUT2D eigenvalue weighted by Crippen LogP contribution is 2.09. The lowest BCUT2D eigenvalue weighted by Crippen LogP contribution is -2.20. The van der Waals surface area contributed by atoms with E-state index in [2.05, 4.69) is 4.18 Å². The first kappa shape index (κ1) is 10.6. The van der Waals surface area contributed by atoms with Crippen LogP contribution in [0.25, 0.3) is 0 Å². The summed E-state index contributed by atoms with van der Waals surface area (Å²) in [5.41, 5.74) is 0. The molecule has 0 spiro atoms. The first-order valence-corrected chi connectivity index (χ1v) is 5.10. The molecule has 13 heavy (non-hydrogen) atoms. The molecule has 0 amide bonds. The van der Waals surface area contributed by atoms with Gasteiger partial charge in [0.05, 0.1) is 6.61 Å². The van der Waals surface area contributed by atoms with Crippen molar-refractivity contribution in [2.45, 2.75) is 25.9 Å². The minimum absolute atomic E-state index is 0.116. The van der Waals surface area contributed by atoms with Gasteiger partial charge in [-0.15, -0.1) is 0 Å². The average molecular weight is 208 g/mol. The molecule has 76 valence electrons. The van der Waals surface area contributed by atoms with Crippen LogP contribution in [0, 0.1) is 0 Å². The fraction of sp³-hybridized carbons (Fsp3) is 0.857. The van der Waals surface area contributed by atoms with Crippen LogP contribution in [-0.2, 0) is 29.3 Å². The van der Waals surface area contributed by atoms with E-state index in [1.165, 1.54) is 0 Å². The Labute approximate surface area is 79.2 Å². The summed E-state index contributed by atoms with van der Waals surface area (Å²) in [7, 11) is 0. The van der Waals surface area contributed by atoms with Crippen molar-refractivity contribution in [2.75, 3.05) is 13.2 Å². The average Bonchev–Trinajstić information content (AvgIpc) is 2.49. The van der Waals surface area contributed by atoms with E-state index < -0.39 is 11.4 Å². The summed E-state index contributed by atoms with van der Waals surface area (Å²) < 4.78 is 24.8. The molecule has 1 saturated heterocycles. The van der Waals surface area contributed by atoms with Crippen molar-refractivity contribution in [1.82, 2.24) is 0 Å². The lowest BCUT2D eigenvalue weighted by Gasteiger charge is -2.06. The molecule has 0 N–H and O–H groups in total. The highest BCUT2D eigenvalue weighted by molar-refractivity contribution is 7.75. The lowest BCUT2D eigenvalue weighted by molar-refractivity contribution is -0.145. The van der Waals surface area contributed by atoms with Gasteiger partial charge in [-0.3, -0.25) is 13.2 Å². The van der Waals surface area contributed by atoms with E-state index in [1.54, 1.807) is 0 Å². The molecule has 1 rings (SSSR count). The van der Waals surface area contributed by atoms with Gasteiger partial charge in [0, 0.05) is 6.42 Å². The second-order valence-corrected chi connectivity index (χ2v) is 3.48. The number of carbonyl (C=O) groups is 1. The number of carbonyl (C=O) groups excluding carboxylic acids is 1. The van der Waals surface area contributed by atoms with Gasteiger partial charge in [-0.25, -0.2) is 0 Å². The second kappa shape index (κ2) is 5.31. The number of rotatable bonds is 4. The summed E-state index contributed by atoms with van der Waals surface area (Å²) in [4.78, 5) is 10.9. The maximum Gasteiger partial charge on any atom is 0.305 e. The molecule has 0 radical (unpaired) electrons. The maximum atomic E-state index is 10.9. The molecule has 0 aromatic rings. The van der Waals surface area contributed by atoms with E-state index in [4.69, 9.17) is 8.92 Å². The number of ether oxygens (including phenoxy) is 1. The first-order chi connectivity index (χ1) is 6.22. The molecule has 0 aliphatic carbocycles. The summed E-state index contributed by atoms with van der Waals surface area (Å²) >= 11 is -1.66. The van der Waals surface area contributed by atoms with Gasteiger partial charge in [0.2, 0.25) is 0 Å². The Balaban J connectivity index is 2.12. The maximum absolute atomic E-state index is 10.9. The van der Waals surface area contributed by atoms with Crippen molar-refractivity contribution >= 4 is 17.3 Å². The zero-order valence-electron chi connectivity index (χ0n) is 7.36. The SMILES string of the molecule is CCCC(=O)OC[C@H]1COS(=O)O1. The van der Waals surface area contributed by atoms with Crippen molar-refractivity contribution < 1.29 is 22.1 Å². The van der Waals surface area contributed by atoms with E-state index >= 15 is 0 Å². The van der Waals surface area contributed by atoms with E-state index in [0.717, 1.165) is 6.42 Å². The topological polar surface area (TPSA) is 61.8 Å². The Bertz CT molecular complexity index is 205. The third kappa shape index (κ3) is 3.84. The highest BCUT2D eigenvalue weighted by atomic mass is 32.2. The molecular weight excluding hydrogens is 196 g/mol. The normalized spacial score (nSPS) is 27.5. The van der Waals surface area contributed by atoms with E-state index in [9.17, 15) is 9.00 Å². The van der Waals surface area contributed by atoms with Gasteiger partial charge in [-0.05, 0) is 6.42 Å². The summed E-state index contributed by atoms with van der Waals surface area (Å²) in [6, 6.07) is 0. The van der Waals surface area contributed by atoms with Gasteiger partial charge in [-0.1, -0.05) is 6.92 Å². The summed E-state index contributed by atoms with van der Waals surface area (Å²) in [5, 5.41) is 0. The summed E-state index contributed by atoms with van der Waals surface area (Å²) in [5.74, 6) is -0.260. The van der Waals surface area contributed by atoms with Crippen LogP contribution in [0.2, 0.25) is 0 Å². The number of esters is 1. The van der Waals surface area contributed by atoms with Gasteiger partial charge in [0.1, 0.15) is 12.7 Å². The van der Waals surface area contributed by atoms with Gasteiger partial charge in [-0.2, -0.15) is 4.21 Å². The molecule has 1 fully saturated rings. The predicted molar refractivity (Wildman–Crippen MR) is 44.8 cm³/mol. The Hall–Kier alpha value is -0.460. The molecule has 2 atom stereocenters. The Morgan fingerprint density at radius 3 is 3.00 bits per heavy atom. The Kier molecular flexibility index (Phi) is 4.34. The van der Waals surface area contributed by atoms with Crippen molar-refractivity contribution in [3.8, 4) is 0 Å². The van der Waals surface area contributed by atoms with Gasteiger partial charge < -0.3 is 4.74 Å². The van der Waals surface area contributed by atoms with Crippen LogP contribution < -0.4 is 0 Å². The van der Waals surface area contributed by atoms with Gasteiger partial charge >= 0.3 is 17.3 Å². The lowest BCUT2D eigenvalue weighted by atomic mass is 10.3. The van der Waals surface area contributed by atoms with Crippen LogP contribution in [-0.4, -0.2) is 29.5 Å². The quantitative estimate of drug-likeness (QED) is 0.623. The molecule has 0 bridgehead atoms. The summed E-state index contributed by atoms with van der Waals surface area (Å²) in [6.07, 6.45) is 0.769. The fourth-order valence-electron chi connectivity index (χ4n) is 0.836. The molecule has 0 aromatic carbocycles. The number of hydrogen-bond acceptors (Lipinski definition) is 5. The van der Waals surface area contributed by atoms with Crippen molar-refractivity contribution in [1.29, 1.82) is 0 Å². The fourth-order valence-corrected chi connectivity index (χ4v) is 1.49. The smallest absolute Gasteiger partial charge is 0.305 e. The zero-order valence-corrected chi connectivity index (χ0v) is 8.17. The molecule has 1 unspecified atom stereocenters. The van der Waals surface area contributed by atoms with Crippen molar-refractivity contribution in [2.24, 2.45) is 0 Å². The number of hydrogen-bond donors (Lipinski definition) is 0. The monoisotopic (exact) mass is 208 g/mol. The van der Waals surface area contributed by atoms with Gasteiger partial charge in [0.25, 0.3) is 0 Å². The minimum atomic E-state index is -1.66. The van der Waals surface area contributed by atoms with Crippen LogP contribution in [0.3, 0.4) is 0 Å². The van der Waals surface area contributed by atoms with Crippen molar-refractivity contribution in [3.63, 3.8) is 0 Å². The molecule has 6 heteroatoms. The zero-order chi connectivity index (χ0) is 9.68. The predicted octanol–water partition coefficient (Wildman–Crippen LogP) is 0.324. The Morgan fingerprint density at radius 2 is 2.46 bits per heavy atom. The van der Waals surface area contributed by atoms with Crippen LogP contribution in [0.5, 0.6) is 0 Å². The Morgan fingerprint density at radius 1 is 1.69 bits per heavy atom. The molecule has 0 saturated carbocycles. The van der Waals surface area contributed by atoms with Crippen molar-refractivity contribution in [3.05, 3.63) is 0 Å². The molecular formula is C7H12O5S. The van der Waals surface area contributed by atoms with Crippen LogP contribution >= 0.6 is 0 Å². The van der Waals surface area contributed by atoms with E-state index in [-0.39, 0.29) is 25.3 Å². The standard InChI is InChI=1S/C7H12O5S/c1-2-3-7(8)10-4-6-5-11-13(9)12-6/h6H,2-5H2,1H3/t6-,13?/m0/s1. The molecule has 1 heterocycles. The second-order valence-electron chi connectivity index (χ2n) is 2.64. The molecule has 5 nitrogen and oxygen atoms in total. The van der Waals surface area contributed by atoms with Crippen LogP contribution in [0.1, 0.15) is 19.8 Å². The highest BCUT2D eigenvalue weighted by Gasteiger charge is 2.24. The van der Waals surface area contributed by atoms with E-state index in [0.29, 0.717) is 6.42 Å². The first-order valence-electron chi connectivity index (χ1n) is 4.10.